The quantitative estimate of drug-likeness (QED) is 0.797. The van der Waals surface area contributed by atoms with Crippen LogP contribution in [-0.4, -0.2) is 29.9 Å². The summed E-state index contributed by atoms with van der Waals surface area (Å²) in [6.07, 6.45) is 2.70. The van der Waals surface area contributed by atoms with Gasteiger partial charge in [-0.2, -0.15) is 4.98 Å². The number of ether oxygens (including phenoxy) is 1. The van der Waals surface area contributed by atoms with E-state index in [1.165, 1.54) is 0 Å². The molecule has 6 nitrogen and oxygen atoms in total. The molecule has 1 aliphatic heterocycles. The molecule has 21 heavy (non-hydrogen) atoms. The van der Waals surface area contributed by atoms with Gasteiger partial charge in [-0.15, -0.1) is 0 Å². The number of para-hydroxylation sites is 1. The highest BCUT2D eigenvalue weighted by atomic mass is 16.5. The van der Waals surface area contributed by atoms with Crippen LogP contribution in [0.15, 0.2) is 39.5 Å². The van der Waals surface area contributed by atoms with Gasteiger partial charge in [-0.25, -0.2) is 0 Å². The monoisotopic (exact) mass is 285 g/mol. The van der Waals surface area contributed by atoms with Crippen LogP contribution in [0, 0.1) is 0 Å². The first-order chi connectivity index (χ1) is 10.3. The van der Waals surface area contributed by atoms with Gasteiger partial charge in [0, 0.05) is 19.0 Å². The second-order valence-electron chi connectivity index (χ2n) is 5.16. The van der Waals surface area contributed by atoms with Crippen molar-refractivity contribution in [3.8, 4) is 11.4 Å². The Kier molecular flexibility index (Phi) is 2.98. The minimum Gasteiger partial charge on any atom is -0.464 e. The van der Waals surface area contributed by atoms with Crippen molar-refractivity contribution >= 4 is 11.0 Å². The number of hydrogen-bond acceptors (Lipinski definition) is 6. The molecule has 6 heteroatoms. The molecule has 0 spiro atoms. The maximum atomic E-state index is 5.52. The summed E-state index contributed by atoms with van der Waals surface area (Å²) in [7, 11) is 1.71. The number of furan rings is 1. The molecule has 4 rings (SSSR count). The maximum Gasteiger partial charge on any atom is 0.244 e. The number of aromatic nitrogens is 2. The van der Waals surface area contributed by atoms with Crippen molar-refractivity contribution in [3.63, 3.8) is 0 Å². The van der Waals surface area contributed by atoms with E-state index < -0.39 is 0 Å². The largest absolute Gasteiger partial charge is 0.464 e. The van der Waals surface area contributed by atoms with Crippen LogP contribution in [0.4, 0.5) is 0 Å². The summed E-state index contributed by atoms with van der Waals surface area (Å²) in [5.74, 6) is 1.15. The number of benzene rings is 1. The lowest BCUT2D eigenvalue weighted by atomic mass is 10.1. The Morgan fingerprint density at radius 1 is 1.33 bits per heavy atom. The Labute approximate surface area is 121 Å². The predicted molar refractivity (Wildman–Crippen MR) is 75.7 cm³/mol. The van der Waals surface area contributed by atoms with Gasteiger partial charge in [0.05, 0.1) is 17.7 Å². The van der Waals surface area contributed by atoms with Crippen LogP contribution >= 0.6 is 0 Å². The normalized spacial score (nSPS) is 22.1. The van der Waals surface area contributed by atoms with Gasteiger partial charge in [0.1, 0.15) is 11.8 Å². The third-order valence-corrected chi connectivity index (χ3v) is 3.89. The Bertz CT molecular complexity index is 764. The van der Waals surface area contributed by atoms with Crippen molar-refractivity contribution < 1.29 is 13.7 Å². The molecular formula is C15H15N3O3. The van der Waals surface area contributed by atoms with E-state index in [9.17, 15) is 0 Å². The second-order valence-corrected chi connectivity index (χ2v) is 5.16. The van der Waals surface area contributed by atoms with Crippen molar-refractivity contribution in [2.45, 2.75) is 18.6 Å². The minimum absolute atomic E-state index is 0.0503. The number of hydrogen-bond donors (Lipinski definition) is 1. The standard InChI is InChI=1S/C15H15N3O3/c1-19-9-6-12(16-7-9)15-17-14(18-21-15)11-8-20-13-5-3-2-4-10(11)13/h2-5,8-9,12,16H,6-7H2,1H3/t9-,12+/m0/s1. The van der Waals surface area contributed by atoms with Gasteiger partial charge in [0.15, 0.2) is 0 Å². The van der Waals surface area contributed by atoms with Gasteiger partial charge < -0.3 is 19.0 Å². The first-order valence-corrected chi connectivity index (χ1v) is 6.91. The average molecular weight is 285 g/mol. The Balaban J connectivity index is 1.65. The summed E-state index contributed by atoms with van der Waals surface area (Å²) in [6.45, 7) is 0.799. The molecule has 108 valence electrons. The molecule has 0 saturated carbocycles. The number of rotatable bonds is 3. The molecule has 0 amide bonds. The van der Waals surface area contributed by atoms with Gasteiger partial charge in [0.25, 0.3) is 0 Å². The highest BCUT2D eigenvalue weighted by Crippen LogP contribution is 2.30. The van der Waals surface area contributed by atoms with Crippen LogP contribution in [0.1, 0.15) is 18.4 Å². The lowest BCUT2D eigenvalue weighted by Crippen LogP contribution is -2.16. The summed E-state index contributed by atoms with van der Waals surface area (Å²) < 4.78 is 16.2. The molecule has 0 aliphatic carbocycles. The van der Waals surface area contributed by atoms with Crippen molar-refractivity contribution in [2.75, 3.05) is 13.7 Å². The molecule has 1 aromatic carbocycles. The topological polar surface area (TPSA) is 73.3 Å². The molecule has 1 fully saturated rings. The van der Waals surface area contributed by atoms with Crippen LogP contribution in [0.3, 0.4) is 0 Å². The van der Waals surface area contributed by atoms with E-state index >= 15 is 0 Å². The number of nitrogens with zero attached hydrogens (tertiary/aromatic N) is 2. The molecule has 2 aromatic heterocycles. The fourth-order valence-corrected chi connectivity index (χ4v) is 2.71. The zero-order chi connectivity index (χ0) is 14.2. The third kappa shape index (κ3) is 2.12. The van der Waals surface area contributed by atoms with Crippen LogP contribution in [0.25, 0.3) is 22.4 Å². The fraction of sp³-hybridized carbons (Fsp3) is 0.333. The van der Waals surface area contributed by atoms with E-state index in [2.05, 4.69) is 15.5 Å². The molecule has 0 radical (unpaired) electrons. The molecule has 0 bridgehead atoms. The molecular weight excluding hydrogens is 270 g/mol. The van der Waals surface area contributed by atoms with Crippen molar-refractivity contribution in [3.05, 3.63) is 36.4 Å². The van der Waals surface area contributed by atoms with E-state index in [1.54, 1.807) is 13.4 Å². The first-order valence-electron chi connectivity index (χ1n) is 6.91. The lowest BCUT2D eigenvalue weighted by Gasteiger charge is -2.04. The van der Waals surface area contributed by atoms with E-state index in [1.807, 2.05) is 24.3 Å². The molecule has 3 aromatic rings. The van der Waals surface area contributed by atoms with E-state index in [0.29, 0.717) is 11.7 Å². The highest BCUT2D eigenvalue weighted by Gasteiger charge is 2.29. The molecule has 1 saturated heterocycles. The van der Waals surface area contributed by atoms with Gasteiger partial charge in [-0.3, -0.25) is 0 Å². The average Bonchev–Trinajstić information content (AvgIpc) is 3.24. The van der Waals surface area contributed by atoms with Gasteiger partial charge in [-0.1, -0.05) is 23.4 Å². The second kappa shape index (κ2) is 4.98. The molecule has 1 aliphatic rings. The highest BCUT2D eigenvalue weighted by molar-refractivity contribution is 5.91. The number of fused-ring (bicyclic) bond motifs is 1. The fourth-order valence-electron chi connectivity index (χ4n) is 2.71. The van der Waals surface area contributed by atoms with E-state index in [-0.39, 0.29) is 12.1 Å². The molecule has 1 N–H and O–H groups in total. The minimum atomic E-state index is 0.0503. The van der Waals surface area contributed by atoms with Crippen molar-refractivity contribution in [1.29, 1.82) is 0 Å². The first kappa shape index (κ1) is 12.6. The molecule has 3 heterocycles. The molecule has 0 unspecified atom stereocenters. The summed E-state index contributed by atoms with van der Waals surface area (Å²) in [5.41, 5.74) is 1.67. The summed E-state index contributed by atoms with van der Waals surface area (Å²) >= 11 is 0. The number of methoxy groups -OCH3 is 1. The van der Waals surface area contributed by atoms with Crippen molar-refractivity contribution in [1.82, 2.24) is 15.5 Å². The van der Waals surface area contributed by atoms with Crippen molar-refractivity contribution in [2.24, 2.45) is 0 Å². The van der Waals surface area contributed by atoms with Crippen LogP contribution in [0.2, 0.25) is 0 Å². The zero-order valence-electron chi connectivity index (χ0n) is 11.6. The lowest BCUT2D eigenvalue weighted by molar-refractivity contribution is 0.116. The Morgan fingerprint density at radius 3 is 3.10 bits per heavy atom. The Morgan fingerprint density at radius 2 is 2.24 bits per heavy atom. The van der Waals surface area contributed by atoms with Crippen LogP contribution < -0.4 is 5.32 Å². The molecule has 2 atom stereocenters. The zero-order valence-corrected chi connectivity index (χ0v) is 11.6. The summed E-state index contributed by atoms with van der Waals surface area (Å²) in [6, 6.07) is 7.85. The van der Waals surface area contributed by atoms with E-state index in [4.69, 9.17) is 13.7 Å². The van der Waals surface area contributed by atoms with Gasteiger partial charge >= 0.3 is 0 Å². The smallest absolute Gasteiger partial charge is 0.244 e. The SMILES string of the molecule is CO[C@@H]1CN[C@@H](c2nc(-c3coc4ccccc34)no2)C1. The predicted octanol–water partition coefficient (Wildman–Crippen LogP) is 2.53. The number of nitrogens with one attached hydrogen (secondary N) is 1. The summed E-state index contributed by atoms with van der Waals surface area (Å²) in [5, 5.41) is 8.39. The van der Waals surface area contributed by atoms with E-state index in [0.717, 1.165) is 29.5 Å². The van der Waals surface area contributed by atoms with Gasteiger partial charge in [-0.05, 0) is 12.5 Å². The maximum absolute atomic E-state index is 5.52. The van der Waals surface area contributed by atoms with Crippen LogP contribution in [0.5, 0.6) is 0 Å². The Hall–Kier alpha value is -2.18. The van der Waals surface area contributed by atoms with Gasteiger partial charge in [0.2, 0.25) is 11.7 Å². The van der Waals surface area contributed by atoms with Crippen LogP contribution in [-0.2, 0) is 4.74 Å². The third-order valence-electron chi connectivity index (χ3n) is 3.89. The summed E-state index contributed by atoms with van der Waals surface area (Å²) in [4.78, 5) is 4.50.